The summed E-state index contributed by atoms with van der Waals surface area (Å²) in [7, 11) is 0. The molecule has 132 valence electrons. The van der Waals surface area contributed by atoms with Crippen LogP contribution in [0.5, 0.6) is 0 Å². The first-order chi connectivity index (χ1) is 12.6. The summed E-state index contributed by atoms with van der Waals surface area (Å²) in [5, 5.41) is 3.91. The SMILES string of the molecule is CCO/N=C(/C)C1C(=O)C=C(c2ccccc2)N(c2ccccc2)C1=O. The molecule has 0 spiro atoms. The van der Waals surface area contributed by atoms with Crippen LogP contribution in [0.15, 0.2) is 71.9 Å². The van der Waals surface area contributed by atoms with E-state index in [0.717, 1.165) is 5.56 Å². The van der Waals surface area contributed by atoms with Gasteiger partial charge in [0.2, 0.25) is 5.91 Å². The van der Waals surface area contributed by atoms with E-state index in [9.17, 15) is 9.59 Å². The number of hydrogen-bond donors (Lipinski definition) is 0. The Hall–Kier alpha value is -3.21. The molecule has 26 heavy (non-hydrogen) atoms. The molecule has 5 nitrogen and oxygen atoms in total. The zero-order valence-electron chi connectivity index (χ0n) is 14.8. The molecule has 2 aromatic rings. The first kappa shape index (κ1) is 17.6. The number of allylic oxidation sites excluding steroid dienone is 1. The van der Waals surface area contributed by atoms with Gasteiger partial charge in [-0.1, -0.05) is 53.7 Å². The fraction of sp³-hybridized carbons (Fsp3) is 0.190. The monoisotopic (exact) mass is 348 g/mol. The van der Waals surface area contributed by atoms with Gasteiger partial charge >= 0.3 is 0 Å². The van der Waals surface area contributed by atoms with Gasteiger partial charge in [0.1, 0.15) is 12.5 Å². The zero-order chi connectivity index (χ0) is 18.5. The molecule has 0 saturated carbocycles. The molecule has 0 fully saturated rings. The predicted molar refractivity (Wildman–Crippen MR) is 102 cm³/mol. The summed E-state index contributed by atoms with van der Waals surface area (Å²) >= 11 is 0. The highest BCUT2D eigenvalue weighted by Crippen LogP contribution is 2.32. The number of carbonyl (C=O) groups is 2. The molecular formula is C21H20N2O3. The van der Waals surface area contributed by atoms with E-state index in [0.29, 0.717) is 23.7 Å². The van der Waals surface area contributed by atoms with Gasteiger partial charge in [0.15, 0.2) is 5.78 Å². The minimum Gasteiger partial charge on any atom is -0.396 e. The summed E-state index contributed by atoms with van der Waals surface area (Å²) in [6.45, 7) is 3.81. The lowest BCUT2D eigenvalue weighted by atomic mass is 9.90. The number of para-hydroxylation sites is 1. The Balaban J connectivity index is 2.11. The van der Waals surface area contributed by atoms with Gasteiger partial charge in [-0.2, -0.15) is 0 Å². The third-order valence-electron chi connectivity index (χ3n) is 4.11. The van der Waals surface area contributed by atoms with Crippen molar-refractivity contribution in [2.45, 2.75) is 13.8 Å². The third-order valence-corrected chi connectivity index (χ3v) is 4.11. The first-order valence-electron chi connectivity index (χ1n) is 8.50. The number of oxime groups is 1. The van der Waals surface area contributed by atoms with E-state index in [1.165, 1.54) is 6.08 Å². The Morgan fingerprint density at radius 2 is 1.65 bits per heavy atom. The highest BCUT2D eigenvalue weighted by Gasteiger charge is 2.39. The molecule has 0 saturated heterocycles. The average molecular weight is 348 g/mol. The quantitative estimate of drug-likeness (QED) is 0.470. The maximum atomic E-state index is 13.3. The average Bonchev–Trinajstić information content (AvgIpc) is 2.67. The molecule has 0 bridgehead atoms. The number of ketones is 1. The molecule has 3 rings (SSSR count). The maximum Gasteiger partial charge on any atom is 0.248 e. The molecule has 1 atom stereocenters. The van der Waals surface area contributed by atoms with Crippen LogP contribution in [0.3, 0.4) is 0 Å². The lowest BCUT2D eigenvalue weighted by molar-refractivity contribution is -0.127. The lowest BCUT2D eigenvalue weighted by Gasteiger charge is -2.32. The van der Waals surface area contributed by atoms with Crippen molar-refractivity contribution in [1.82, 2.24) is 0 Å². The Morgan fingerprint density at radius 3 is 2.27 bits per heavy atom. The zero-order valence-corrected chi connectivity index (χ0v) is 14.8. The van der Waals surface area contributed by atoms with Gasteiger partial charge in [-0.25, -0.2) is 0 Å². The van der Waals surface area contributed by atoms with E-state index >= 15 is 0 Å². The summed E-state index contributed by atoms with van der Waals surface area (Å²) in [5.41, 5.74) is 2.42. The molecule has 1 amide bonds. The molecule has 0 aliphatic carbocycles. The molecule has 0 N–H and O–H groups in total. The Kier molecular flexibility index (Phi) is 5.27. The van der Waals surface area contributed by atoms with Gasteiger partial charge in [-0.05, 0) is 31.5 Å². The molecule has 2 aromatic carbocycles. The molecule has 5 heteroatoms. The molecule has 1 unspecified atom stereocenters. The highest BCUT2D eigenvalue weighted by molar-refractivity contribution is 6.33. The number of rotatable bonds is 5. The molecule has 0 aromatic heterocycles. The maximum absolute atomic E-state index is 13.3. The van der Waals surface area contributed by atoms with Gasteiger partial charge < -0.3 is 4.84 Å². The predicted octanol–water partition coefficient (Wildman–Crippen LogP) is 3.67. The second kappa shape index (κ2) is 7.78. The van der Waals surface area contributed by atoms with Crippen LogP contribution in [0.2, 0.25) is 0 Å². The molecule has 1 heterocycles. The topological polar surface area (TPSA) is 59.0 Å². The molecule has 1 aliphatic rings. The van der Waals surface area contributed by atoms with Gasteiger partial charge in [0.25, 0.3) is 0 Å². The van der Waals surface area contributed by atoms with Gasteiger partial charge in [0.05, 0.1) is 11.4 Å². The molecule has 0 radical (unpaired) electrons. The van der Waals surface area contributed by atoms with Gasteiger partial charge in [-0.3, -0.25) is 14.5 Å². The number of nitrogens with zero attached hydrogens (tertiary/aromatic N) is 2. The van der Waals surface area contributed by atoms with Crippen molar-refractivity contribution >= 4 is 28.8 Å². The highest BCUT2D eigenvalue weighted by atomic mass is 16.6. The Labute approximate surface area is 152 Å². The minimum atomic E-state index is -0.978. The van der Waals surface area contributed by atoms with E-state index < -0.39 is 5.92 Å². The fourth-order valence-electron chi connectivity index (χ4n) is 2.92. The van der Waals surface area contributed by atoms with Crippen molar-refractivity contribution in [2.24, 2.45) is 11.1 Å². The van der Waals surface area contributed by atoms with Crippen molar-refractivity contribution in [3.8, 4) is 0 Å². The summed E-state index contributed by atoms with van der Waals surface area (Å²) in [4.78, 5) is 32.6. The van der Waals surface area contributed by atoms with Crippen molar-refractivity contribution < 1.29 is 14.4 Å². The second-order valence-electron chi connectivity index (χ2n) is 5.89. The summed E-state index contributed by atoms with van der Waals surface area (Å²) in [5.74, 6) is -1.60. The van der Waals surface area contributed by atoms with Crippen LogP contribution in [0.25, 0.3) is 5.70 Å². The van der Waals surface area contributed by atoms with Gasteiger partial charge in [-0.15, -0.1) is 0 Å². The van der Waals surface area contributed by atoms with Crippen molar-refractivity contribution in [3.05, 3.63) is 72.3 Å². The van der Waals surface area contributed by atoms with E-state index in [2.05, 4.69) is 5.16 Å². The van der Waals surface area contributed by atoms with Crippen LogP contribution in [0.1, 0.15) is 19.4 Å². The van der Waals surface area contributed by atoms with E-state index in [1.54, 1.807) is 18.7 Å². The summed E-state index contributed by atoms with van der Waals surface area (Å²) < 4.78 is 0. The van der Waals surface area contributed by atoms with Crippen molar-refractivity contribution in [3.63, 3.8) is 0 Å². The Morgan fingerprint density at radius 1 is 1.04 bits per heavy atom. The summed E-state index contributed by atoms with van der Waals surface area (Å²) in [6, 6.07) is 18.7. The number of anilines is 1. The van der Waals surface area contributed by atoms with Crippen molar-refractivity contribution in [1.29, 1.82) is 0 Å². The molecular weight excluding hydrogens is 328 g/mol. The number of benzene rings is 2. The third kappa shape index (κ3) is 3.42. The second-order valence-corrected chi connectivity index (χ2v) is 5.89. The van der Waals surface area contributed by atoms with E-state index in [4.69, 9.17) is 4.84 Å². The standard InChI is InChI=1S/C21H20N2O3/c1-3-26-22-15(2)20-19(24)14-18(16-10-6-4-7-11-16)23(21(20)25)17-12-8-5-9-13-17/h4-14,20H,3H2,1-2H3/b22-15-. The molecule has 1 aliphatic heterocycles. The van der Waals surface area contributed by atoms with Crippen LogP contribution in [0, 0.1) is 5.92 Å². The largest absolute Gasteiger partial charge is 0.396 e. The smallest absolute Gasteiger partial charge is 0.248 e. The first-order valence-corrected chi connectivity index (χ1v) is 8.50. The van der Waals surface area contributed by atoms with Crippen LogP contribution >= 0.6 is 0 Å². The van der Waals surface area contributed by atoms with Crippen LogP contribution in [-0.2, 0) is 14.4 Å². The van der Waals surface area contributed by atoms with E-state index in [1.807, 2.05) is 60.7 Å². The van der Waals surface area contributed by atoms with E-state index in [-0.39, 0.29) is 11.7 Å². The number of hydrogen-bond acceptors (Lipinski definition) is 4. The van der Waals surface area contributed by atoms with Crippen LogP contribution < -0.4 is 4.90 Å². The fourth-order valence-corrected chi connectivity index (χ4v) is 2.92. The normalized spacial score (nSPS) is 17.9. The lowest BCUT2D eigenvalue weighted by Crippen LogP contribution is -2.45. The van der Waals surface area contributed by atoms with Gasteiger partial charge in [0, 0.05) is 11.8 Å². The number of amides is 1. The van der Waals surface area contributed by atoms with Crippen LogP contribution in [0.4, 0.5) is 5.69 Å². The number of carbonyl (C=O) groups excluding carboxylic acids is 2. The van der Waals surface area contributed by atoms with Crippen molar-refractivity contribution in [2.75, 3.05) is 11.5 Å². The summed E-state index contributed by atoms with van der Waals surface area (Å²) in [6.07, 6.45) is 1.51. The minimum absolute atomic E-state index is 0.290. The Bertz CT molecular complexity index is 857. The van der Waals surface area contributed by atoms with Crippen LogP contribution in [-0.4, -0.2) is 24.0 Å².